The van der Waals surface area contributed by atoms with Gasteiger partial charge in [-0.1, -0.05) is 0 Å². The van der Waals surface area contributed by atoms with Crippen LogP contribution in [0.1, 0.15) is 11.3 Å². The molecule has 0 aliphatic carbocycles. The van der Waals surface area contributed by atoms with Crippen LogP contribution in [0, 0.1) is 6.92 Å². The van der Waals surface area contributed by atoms with Crippen molar-refractivity contribution in [1.82, 2.24) is 9.78 Å². The molecule has 1 rings (SSSR count). The van der Waals surface area contributed by atoms with Crippen molar-refractivity contribution >= 4 is 0 Å². The van der Waals surface area contributed by atoms with Crippen molar-refractivity contribution in [3.05, 3.63) is 17.5 Å². The molecule has 0 bridgehead atoms. The minimum atomic E-state index is -4.72. The molecule has 0 atom stereocenters. The molecule has 1 aromatic heterocycles. The molecule has 0 spiro atoms. The molecule has 8 heteroatoms. The maximum Gasteiger partial charge on any atom is 0.435 e. The predicted octanol–water partition coefficient (Wildman–Crippen LogP) is 2.77. The number of hydrogen-bond acceptors (Lipinski definition) is 1. The van der Waals surface area contributed by atoms with Crippen LogP contribution >= 0.6 is 0 Å². The fraction of sp³-hybridized carbons (Fsp3) is 0.571. The number of nitrogens with zero attached hydrogens (tertiary/aromatic N) is 2. The summed E-state index contributed by atoms with van der Waals surface area (Å²) in [4.78, 5) is 0. The molecule has 0 fully saturated rings. The Kier molecular flexibility index (Phi) is 2.71. The van der Waals surface area contributed by atoms with Crippen LogP contribution in [0.2, 0.25) is 0 Å². The first kappa shape index (κ1) is 11.9. The van der Waals surface area contributed by atoms with E-state index in [2.05, 4.69) is 5.10 Å². The molecule has 0 amide bonds. The molecule has 15 heavy (non-hydrogen) atoms. The number of aromatic nitrogens is 2. The second kappa shape index (κ2) is 3.42. The molecule has 2 nitrogen and oxygen atoms in total. The Morgan fingerprint density at radius 2 is 1.73 bits per heavy atom. The maximum atomic E-state index is 12.1. The van der Waals surface area contributed by atoms with E-state index < -0.39 is 24.6 Å². The monoisotopic (exact) mass is 232 g/mol. The molecule has 0 aliphatic rings. The summed E-state index contributed by atoms with van der Waals surface area (Å²) in [6, 6.07) is 0. The van der Waals surface area contributed by atoms with Gasteiger partial charge in [0.1, 0.15) is 6.54 Å². The Bertz CT molecular complexity index is 347. The van der Waals surface area contributed by atoms with Crippen molar-refractivity contribution in [3.63, 3.8) is 0 Å². The molecule has 0 saturated heterocycles. The van der Waals surface area contributed by atoms with Crippen molar-refractivity contribution < 1.29 is 26.3 Å². The fourth-order valence-electron chi connectivity index (χ4n) is 1.07. The summed E-state index contributed by atoms with van der Waals surface area (Å²) in [7, 11) is 0. The lowest BCUT2D eigenvalue weighted by molar-refractivity contribution is -0.149. The van der Waals surface area contributed by atoms with Gasteiger partial charge >= 0.3 is 12.4 Å². The highest BCUT2D eigenvalue weighted by Gasteiger charge is 2.37. The van der Waals surface area contributed by atoms with Gasteiger partial charge in [0.15, 0.2) is 5.69 Å². The van der Waals surface area contributed by atoms with Gasteiger partial charge in [-0.15, -0.1) is 0 Å². The highest BCUT2D eigenvalue weighted by atomic mass is 19.4. The Labute approximate surface area is 80.5 Å². The first-order valence-corrected chi connectivity index (χ1v) is 3.77. The Morgan fingerprint density at radius 1 is 1.20 bits per heavy atom. The van der Waals surface area contributed by atoms with Crippen molar-refractivity contribution in [2.75, 3.05) is 0 Å². The zero-order chi connectivity index (χ0) is 11.9. The highest BCUT2D eigenvalue weighted by molar-refractivity contribution is 5.17. The van der Waals surface area contributed by atoms with Gasteiger partial charge in [-0.05, 0) is 12.5 Å². The lowest BCUT2D eigenvalue weighted by Crippen LogP contribution is -2.18. The lowest BCUT2D eigenvalue weighted by atomic mass is 10.3. The average Bonchev–Trinajstić information content (AvgIpc) is 2.25. The maximum absolute atomic E-state index is 12.1. The largest absolute Gasteiger partial charge is 0.435 e. The first-order valence-electron chi connectivity index (χ1n) is 3.77. The van der Waals surface area contributed by atoms with Crippen LogP contribution < -0.4 is 0 Å². The number of aryl methyl sites for hydroxylation is 1. The Morgan fingerprint density at radius 3 is 2.07 bits per heavy atom. The summed E-state index contributed by atoms with van der Waals surface area (Å²) in [5.74, 6) is 0. The van der Waals surface area contributed by atoms with E-state index in [0.717, 1.165) is 13.1 Å². The third-order valence-corrected chi connectivity index (χ3v) is 1.55. The minimum absolute atomic E-state index is 0.234. The molecule has 0 saturated carbocycles. The Balaban J connectivity index is 2.97. The standard InChI is InChI=1S/C7H6F6N2/c1-4-2-15(3-6(8,9)10)14-5(4)7(11,12)13/h2H,3H2,1H3. The third-order valence-electron chi connectivity index (χ3n) is 1.55. The van der Waals surface area contributed by atoms with E-state index in [9.17, 15) is 26.3 Å². The molecule has 0 aromatic carbocycles. The van der Waals surface area contributed by atoms with Gasteiger partial charge in [-0.25, -0.2) is 0 Å². The molecule has 0 radical (unpaired) electrons. The Hall–Kier alpha value is -1.21. The summed E-state index contributed by atoms with van der Waals surface area (Å²) in [6.07, 6.45) is -8.58. The van der Waals surface area contributed by atoms with Gasteiger partial charge < -0.3 is 0 Å². The van der Waals surface area contributed by atoms with E-state index in [0.29, 0.717) is 0 Å². The molecular weight excluding hydrogens is 226 g/mol. The van der Waals surface area contributed by atoms with Gasteiger partial charge in [0.25, 0.3) is 0 Å². The summed E-state index contributed by atoms with van der Waals surface area (Å²) < 4.78 is 72.2. The number of halogens is 6. The highest BCUT2D eigenvalue weighted by Crippen LogP contribution is 2.30. The van der Waals surface area contributed by atoms with Crippen LogP contribution in [0.5, 0.6) is 0 Å². The van der Waals surface area contributed by atoms with Gasteiger partial charge in [0.2, 0.25) is 0 Å². The number of rotatable bonds is 1. The first-order chi connectivity index (χ1) is 6.59. The molecular formula is C7H6F6N2. The van der Waals surface area contributed by atoms with Crippen molar-refractivity contribution in [1.29, 1.82) is 0 Å². The summed E-state index contributed by atoms with van der Waals surface area (Å²) in [5, 5.41) is 2.84. The average molecular weight is 232 g/mol. The van der Waals surface area contributed by atoms with Gasteiger partial charge in [0.05, 0.1) is 0 Å². The quantitative estimate of drug-likeness (QED) is 0.681. The van der Waals surface area contributed by atoms with E-state index in [1.165, 1.54) is 0 Å². The van der Waals surface area contributed by atoms with E-state index in [-0.39, 0.29) is 10.2 Å². The van der Waals surface area contributed by atoms with Gasteiger partial charge in [-0.3, -0.25) is 4.68 Å². The molecule has 1 heterocycles. The van der Waals surface area contributed by atoms with Crippen molar-refractivity contribution in [3.8, 4) is 0 Å². The number of alkyl halides is 6. The van der Waals surface area contributed by atoms with Crippen LogP contribution in [0.3, 0.4) is 0 Å². The van der Waals surface area contributed by atoms with Crippen LogP contribution in [0.25, 0.3) is 0 Å². The van der Waals surface area contributed by atoms with Gasteiger partial charge in [0, 0.05) is 6.20 Å². The van der Waals surface area contributed by atoms with E-state index >= 15 is 0 Å². The van der Waals surface area contributed by atoms with E-state index in [1.54, 1.807) is 0 Å². The number of hydrogen-bond donors (Lipinski definition) is 0. The van der Waals surface area contributed by atoms with Crippen molar-refractivity contribution in [2.45, 2.75) is 25.8 Å². The van der Waals surface area contributed by atoms with E-state index in [1.807, 2.05) is 0 Å². The molecule has 0 N–H and O–H groups in total. The fourth-order valence-corrected chi connectivity index (χ4v) is 1.07. The van der Waals surface area contributed by atoms with Crippen LogP contribution in [0.15, 0.2) is 6.20 Å². The van der Waals surface area contributed by atoms with Crippen LogP contribution in [-0.4, -0.2) is 16.0 Å². The lowest BCUT2D eigenvalue weighted by Gasteiger charge is -2.06. The summed E-state index contributed by atoms with van der Waals surface area (Å²) >= 11 is 0. The van der Waals surface area contributed by atoms with Crippen LogP contribution in [0.4, 0.5) is 26.3 Å². The van der Waals surface area contributed by atoms with Gasteiger partial charge in [-0.2, -0.15) is 31.4 Å². The zero-order valence-electron chi connectivity index (χ0n) is 7.45. The topological polar surface area (TPSA) is 17.8 Å². The van der Waals surface area contributed by atoms with Crippen LogP contribution in [-0.2, 0) is 12.7 Å². The van der Waals surface area contributed by atoms with Crippen molar-refractivity contribution in [2.24, 2.45) is 0 Å². The van der Waals surface area contributed by atoms with E-state index in [4.69, 9.17) is 0 Å². The smallest absolute Gasteiger partial charge is 0.263 e. The SMILES string of the molecule is Cc1cn(CC(F)(F)F)nc1C(F)(F)F. The second-order valence-electron chi connectivity index (χ2n) is 2.97. The summed E-state index contributed by atoms with van der Waals surface area (Å²) in [5.41, 5.74) is -1.61. The molecule has 1 aromatic rings. The summed E-state index contributed by atoms with van der Waals surface area (Å²) in [6.45, 7) is -0.466. The minimum Gasteiger partial charge on any atom is -0.263 e. The third kappa shape index (κ3) is 3.14. The predicted molar refractivity (Wildman–Crippen MR) is 38.0 cm³/mol. The normalized spacial score (nSPS) is 13.3. The zero-order valence-corrected chi connectivity index (χ0v) is 7.45. The second-order valence-corrected chi connectivity index (χ2v) is 2.97. The molecule has 0 aliphatic heterocycles. The molecule has 0 unspecified atom stereocenters. The molecule has 86 valence electrons.